The summed E-state index contributed by atoms with van der Waals surface area (Å²) in [6.07, 6.45) is -4.60. The Bertz CT molecular complexity index is 607. The highest BCUT2D eigenvalue weighted by molar-refractivity contribution is 7.91. The van der Waals surface area contributed by atoms with Crippen molar-refractivity contribution in [1.29, 1.82) is 0 Å². The zero-order chi connectivity index (χ0) is 16.4. The largest absolute Gasteiger partial charge is 0.480 e. The summed E-state index contributed by atoms with van der Waals surface area (Å²) in [6, 6.07) is 0.0769. The molecule has 1 aromatic rings. The topological polar surface area (TPSA) is 83.5 Å². The SMILES string of the molecule is CC(C)C[C@H](NS(=O)(=O)c1ccc(C(F)(F)F)s1)C(=O)O. The van der Waals surface area contributed by atoms with Crippen LogP contribution in [0.2, 0.25) is 0 Å². The van der Waals surface area contributed by atoms with Gasteiger partial charge in [0.05, 0.1) is 0 Å². The van der Waals surface area contributed by atoms with Crippen LogP contribution in [0.5, 0.6) is 0 Å². The van der Waals surface area contributed by atoms with Gasteiger partial charge in [-0.05, 0) is 24.5 Å². The third-order valence-corrected chi connectivity index (χ3v) is 5.52. The van der Waals surface area contributed by atoms with E-state index < -0.39 is 37.3 Å². The van der Waals surface area contributed by atoms with E-state index in [-0.39, 0.29) is 23.7 Å². The van der Waals surface area contributed by atoms with E-state index in [9.17, 15) is 26.4 Å². The highest BCUT2D eigenvalue weighted by atomic mass is 32.2. The number of rotatable bonds is 6. The van der Waals surface area contributed by atoms with E-state index >= 15 is 0 Å². The summed E-state index contributed by atoms with van der Waals surface area (Å²) in [5, 5.41) is 8.96. The van der Waals surface area contributed by atoms with Gasteiger partial charge in [0.25, 0.3) is 10.0 Å². The standard InChI is InChI=1S/C11H14F3NO4S2/c1-6(2)5-7(10(16)17)15-21(18,19)9-4-3-8(20-9)11(12,13)14/h3-4,6-7,15H,5H2,1-2H3,(H,16,17)/t7-/m0/s1. The van der Waals surface area contributed by atoms with Gasteiger partial charge in [0.15, 0.2) is 0 Å². The first-order chi connectivity index (χ1) is 9.43. The summed E-state index contributed by atoms with van der Waals surface area (Å²) in [5.41, 5.74) is 0. The molecule has 0 unspecified atom stereocenters. The van der Waals surface area contributed by atoms with Crippen LogP contribution >= 0.6 is 11.3 Å². The number of nitrogens with one attached hydrogen (secondary N) is 1. The summed E-state index contributed by atoms with van der Waals surface area (Å²) < 4.78 is 62.6. The van der Waals surface area contributed by atoms with E-state index in [0.29, 0.717) is 6.07 Å². The number of alkyl halides is 3. The molecule has 1 atom stereocenters. The highest BCUT2D eigenvalue weighted by Gasteiger charge is 2.35. The van der Waals surface area contributed by atoms with Crippen LogP contribution in [0.3, 0.4) is 0 Å². The predicted octanol–water partition coefficient (Wildman–Crippen LogP) is 2.54. The highest BCUT2D eigenvalue weighted by Crippen LogP contribution is 2.36. The fourth-order valence-electron chi connectivity index (χ4n) is 1.53. The summed E-state index contributed by atoms with van der Waals surface area (Å²) in [4.78, 5) is 9.95. The Morgan fingerprint density at radius 2 is 1.95 bits per heavy atom. The monoisotopic (exact) mass is 345 g/mol. The molecule has 0 radical (unpaired) electrons. The maximum atomic E-state index is 12.5. The molecule has 0 saturated carbocycles. The van der Waals surface area contributed by atoms with Crippen molar-refractivity contribution in [3.8, 4) is 0 Å². The van der Waals surface area contributed by atoms with Gasteiger partial charge in [-0.25, -0.2) is 8.42 Å². The van der Waals surface area contributed by atoms with Crippen LogP contribution in [0.1, 0.15) is 25.1 Å². The maximum absolute atomic E-state index is 12.5. The quantitative estimate of drug-likeness (QED) is 0.830. The summed E-state index contributed by atoms with van der Waals surface area (Å²) in [7, 11) is -4.30. The molecule has 0 aliphatic rings. The third kappa shape index (κ3) is 4.97. The van der Waals surface area contributed by atoms with Gasteiger partial charge < -0.3 is 5.11 Å². The van der Waals surface area contributed by atoms with Gasteiger partial charge >= 0.3 is 12.1 Å². The predicted molar refractivity (Wildman–Crippen MR) is 70.5 cm³/mol. The average Bonchev–Trinajstić information content (AvgIpc) is 2.76. The maximum Gasteiger partial charge on any atom is 0.425 e. The molecule has 1 heterocycles. The van der Waals surface area contributed by atoms with Crippen LogP contribution in [-0.4, -0.2) is 25.5 Å². The molecule has 0 fully saturated rings. The summed E-state index contributed by atoms with van der Waals surface area (Å²) in [5.74, 6) is -1.47. The molecular weight excluding hydrogens is 331 g/mol. The molecule has 0 aromatic carbocycles. The fourth-order valence-corrected chi connectivity index (χ4v) is 3.93. The molecule has 5 nitrogen and oxygen atoms in total. The number of hydrogen-bond acceptors (Lipinski definition) is 4. The van der Waals surface area contributed by atoms with Crippen LogP contribution in [0.25, 0.3) is 0 Å². The Labute approximate surface area is 123 Å². The van der Waals surface area contributed by atoms with E-state index in [1.165, 1.54) is 0 Å². The molecule has 120 valence electrons. The first kappa shape index (κ1) is 17.9. The molecule has 0 saturated heterocycles. The average molecular weight is 345 g/mol. The van der Waals surface area contributed by atoms with Crippen molar-refractivity contribution in [2.45, 2.75) is 36.7 Å². The number of sulfonamides is 1. The van der Waals surface area contributed by atoms with Gasteiger partial charge in [0, 0.05) is 0 Å². The second-order valence-corrected chi connectivity index (χ2v) is 7.78. The van der Waals surface area contributed by atoms with Crippen molar-refractivity contribution in [3.63, 3.8) is 0 Å². The number of aliphatic carboxylic acids is 1. The number of thiophene rings is 1. The lowest BCUT2D eigenvalue weighted by Gasteiger charge is -2.15. The molecule has 0 bridgehead atoms. The van der Waals surface area contributed by atoms with Crippen molar-refractivity contribution in [2.24, 2.45) is 5.92 Å². The number of carboxylic acids is 1. The van der Waals surface area contributed by atoms with Gasteiger partial charge in [-0.2, -0.15) is 17.9 Å². The molecule has 0 aliphatic carbocycles. The second-order valence-electron chi connectivity index (χ2n) is 4.76. The van der Waals surface area contributed by atoms with Crippen molar-refractivity contribution in [1.82, 2.24) is 4.72 Å². The zero-order valence-electron chi connectivity index (χ0n) is 11.1. The van der Waals surface area contributed by atoms with Gasteiger partial charge in [-0.1, -0.05) is 13.8 Å². The molecule has 1 rings (SSSR count). The van der Waals surface area contributed by atoms with E-state index in [2.05, 4.69) is 0 Å². The smallest absolute Gasteiger partial charge is 0.425 e. The molecule has 10 heteroatoms. The lowest BCUT2D eigenvalue weighted by molar-refractivity contribution is -0.139. The molecule has 21 heavy (non-hydrogen) atoms. The molecule has 2 N–H and O–H groups in total. The van der Waals surface area contributed by atoms with Crippen molar-refractivity contribution in [3.05, 3.63) is 17.0 Å². The van der Waals surface area contributed by atoms with E-state index in [4.69, 9.17) is 5.11 Å². The van der Waals surface area contributed by atoms with E-state index in [0.717, 1.165) is 6.07 Å². The van der Waals surface area contributed by atoms with Crippen LogP contribution in [-0.2, 0) is 21.0 Å². The Kier molecular flexibility index (Phi) is 5.40. The Balaban J connectivity index is 3.00. The molecule has 1 aromatic heterocycles. The molecule has 0 amide bonds. The van der Waals surface area contributed by atoms with Crippen LogP contribution < -0.4 is 4.72 Å². The van der Waals surface area contributed by atoms with Crippen molar-refractivity contribution < 1.29 is 31.5 Å². The summed E-state index contributed by atoms with van der Waals surface area (Å²) in [6.45, 7) is 3.41. The Morgan fingerprint density at radius 3 is 2.33 bits per heavy atom. The van der Waals surface area contributed by atoms with E-state index in [1.807, 2.05) is 4.72 Å². The molecule has 0 aliphatic heterocycles. The fraction of sp³-hybridized carbons (Fsp3) is 0.545. The molecular formula is C11H14F3NO4S2. The van der Waals surface area contributed by atoms with Gasteiger partial charge in [0.1, 0.15) is 15.1 Å². The first-order valence-electron chi connectivity index (χ1n) is 5.85. The zero-order valence-corrected chi connectivity index (χ0v) is 12.8. The molecule has 0 spiro atoms. The lowest BCUT2D eigenvalue weighted by Crippen LogP contribution is -2.41. The normalized spacial score (nSPS) is 14.4. The van der Waals surface area contributed by atoms with Crippen LogP contribution in [0, 0.1) is 5.92 Å². The van der Waals surface area contributed by atoms with Crippen LogP contribution in [0.15, 0.2) is 16.3 Å². The Morgan fingerprint density at radius 1 is 1.38 bits per heavy atom. The minimum Gasteiger partial charge on any atom is -0.480 e. The van der Waals surface area contributed by atoms with Crippen molar-refractivity contribution in [2.75, 3.05) is 0 Å². The Hall–Kier alpha value is -1.13. The van der Waals surface area contributed by atoms with Crippen LogP contribution in [0.4, 0.5) is 13.2 Å². The lowest BCUT2D eigenvalue weighted by atomic mass is 10.1. The van der Waals surface area contributed by atoms with E-state index in [1.54, 1.807) is 13.8 Å². The number of halogens is 3. The number of carboxylic acid groups (broad SMARTS) is 1. The number of hydrogen-bond donors (Lipinski definition) is 2. The van der Waals surface area contributed by atoms with Crippen molar-refractivity contribution >= 4 is 27.3 Å². The second kappa shape index (κ2) is 6.32. The van der Waals surface area contributed by atoms with Gasteiger partial charge in [0.2, 0.25) is 0 Å². The minimum absolute atomic E-state index is 0.0338. The summed E-state index contributed by atoms with van der Waals surface area (Å²) >= 11 is 0.0510. The number of carbonyl (C=O) groups is 1. The third-order valence-electron chi connectivity index (χ3n) is 2.43. The van der Waals surface area contributed by atoms with Gasteiger partial charge in [-0.3, -0.25) is 4.79 Å². The van der Waals surface area contributed by atoms with Gasteiger partial charge in [-0.15, -0.1) is 11.3 Å². The minimum atomic E-state index is -4.64. The first-order valence-corrected chi connectivity index (χ1v) is 8.15.